The number of benzene rings is 2. The van der Waals surface area contributed by atoms with Crippen LogP contribution in [0.4, 0.5) is 8.78 Å². The molecule has 0 saturated carbocycles. The molecule has 0 radical (unpaired) electrons. The van der Waals surface area contributed by atoms with Crippen molar-refractivity contribution in [1.82, 2.24) is 4.90 Å². The fourth-order valence-corrected chi connectivity index (χ4v) is 2.66. The van der Waals surface area contributed by atoms with Crippen molar-refractivity contribution in [3.05, 3.63) is 77.4 Å². The van der Waals surface area contributed by atoms with Gasteiger partial charge in [-0.25, -0.2) is 8.78 Å². The molecule has 0 amide bonds. The van der Waals surface area contributed by atoms with Crippen LogP contribution in [0.2, 0.25) is 0 Å². The van der Waals surface area contributed by atoms with E-state index in [9.17, 15) is 8.78 Å². The van der Waals surface area contributed by atoms with Gasteiger partial charge in [-0.2, -0.15) is 0 Å². The summed E-state index contributed by atoms with van der Waals surface area (Å²) in [5.41, 5.74) is 2.34. The first kappa shape index (κ1) is 13.0. The minimum atomic E-state index is -0.409. The van der Waals surface area contributed by atoms with Gasteiger partial charge in [-0.1, -0.05) is 36.4 Å². The third-order valence-electron chi connectivity index (χ3n) is 3.67. The first-order valence-electron chi connectivity index (χ1n) is 6.56. The van der Waals surface area contributed by atoms with Crippen molar-refractivity contribution in [1.29, 1.82) is 0 Å². The summed E-state index contributed by atoms with van der Waals surface area (Å²) in [4.78, 5) is 2.12. The highest BCUT2D eigenvalue weighted by atomic mass is 19.1. The second-order valence-corrected chi connectivity index (χ2v) is 5.09. The van der Waals surface area contributed by atoms with E-state index >= 15 is 0 Å². The van der Waals surface area contributed by atoms with Crippen molar-refractivity contribution in [2.75, 3.05) is 13.6 Å². The Kier molecular flexibility index (Phi) is 3.36. The lowest BCUT2D eigenvalue weighted by atomic mass is 10.0. The molecule has 20 heavy (non-hydrogen) atoms. The van der Waals surface area contributed by atoms with E-state index < -0.39 is 5.82 Å². The minimum absolute atomic E-state index is 0.105. The van der Waals surface area contributed by atoms with Gasteiger partial charge in [0.2, 0.25) is 0 Å². The lowest BCUT2D eigenvalue weighted by molar-refractivity contribution is 0.342. The third kappa shape index (κ3) is 2.37. The summed E-state index contributed by atoms with van der Waals surface area (Å²) in [6.45, 7) is 0.611. The number of hydrogen-bond donors (Lipinski definition) is 0. The zero-order valence-electron chi connectivity index (χ0n) is 11.2. The average molecular weight is 271 g/mol. The largest absolute Gasteiger partial charge is 0.292 e. The van der Waals surface area contributed by atoms with E-state index in [-0.39, 0.29) is 11.9 Å². The SMILES string of the molecule is CN1CC(c2cc(F)ccc2F)=C[C@H]1c1ccccc1. The van der Waals surface area contributed by atoms with E-state index in [0.29, 0.717) is 12.1 Å². The van der Waals surface area contributed by atoms with Crippen molar-refractivity contribution < 1.29 is 8.78 Å². The van der Waals surface area contributed by atoms with Crippen LogP contribution in [0.1, 0.15) is 17.2 Å². The third-order valence-corrected chi connectivity index (χ3v) is 3.67. The molecule has 2 aromatic rings. The highest BCUT2D eigenvalue weighted by Crippen LogP contribution is 2.34. The van der Waals surface area contributed by atoms with Gasteiger partial charge in [0.1, 0.15) is 11.6 Å². The average Bonchev–Trinajstić information content (AvgIpc) is 2.84. The maximum Gasteiger partial charge on any atom is 0.130 e. The van der Waals surface area contributed by atoms with Crippen LogP contribution in [0.5, 0.6) is 0 Å². The molecule has 1 nitrogen and oxygen atoms in total. The van der Waals surface area contributed by atoms with Crippen LogP contribution in [-0.4, -0.2) is 18.5 Å². The zero-order chi connectivity index (χ0) is 14.1. The van der Waals surface area contributed by atoms with Crippen LogP contribution in [0.25, 0.3) is 5.57 Å². The lowest BCUT2D eigenvalue weighted by Crippen LogP contribution is -2.19. The fraction of sp³-hybridized carbons (Fsp3) is 0.176. The van der Waals surface area contributed by atoms with Crippen LogP contribution in [-0.2, 0) is 0 Å². The van der Waals surface area contributed by atoms with Gasteiger partial charge in [-0.05, 0) is 36.4 Å². The predicted octanol–water partition coefficient (Wildman–Crippen LogP) is 4.03. The zero-order valence-corrected chi connectivity index (χ0v) is 11.2. The molecule has 0 spiro atoms. The summed E-state index contributed by atoms with van der Waals surface area (Å²) in [6, 6.07) is 13.7. The van der Waals surface area contributed by atoms with Crippen molar-refractivity contribution in [2.45, 2.75) is 6.04 Å². The molecule has 1 heterocycles. The smallest absolute Gasteiger partial charge is 0.130 e. The summed E-state index contributed by atoms with van der Waals surface area (Å²) in [6.07, 6.45) is 2.01. The van der Waals surface area contributed by atoms with Gasteiger partial charge in [0.25, 0.3) is 0 Å². The Hall–Kier alpha value is -2.00. The van der Waals surface area contributed by atoms with E-state index in [1.807, 2.05) is 43.5 Å². The van der Waals surface area contributed by atoms with Gasteiger partial charge in [-0.3, -0.25) is 4.90 Å². The van der Waals surface area contributed by atoms with Gasteiger partial charge in [0, 0.05) is 12.1 Å². The molecule has 102 valence electrons. The normalized spacial score (nSPS) is 19.1. The molecule has 0 aliphatic carbocycles. The highest BCUT2D eigenvalue weighted by Gasteiger charge is 2.25. The Morgan fingerprint density at radius 2 is 1.80 bits per heavy atom. The Morgan fingerprint density at radius 3 is 2.55 bits per heavy atom. The Labute approximate surface area is 117 Å². The molecular weight excluding hydrogens is 256 g/mol. The van der Waals surface area contributed by atoms with Gasteiger partial charge in [0.15, 0.2) is 0 Å². The summed E-state index contributed by atoms with van der Waals surface area (Å²) < 4.78 is 27.2. The van der Waals surface area contributed by atoms with E-state index in [1.54, 1.807) is 0 Å². The van der Waals surface area contributed by atoms with Gasteiger partial charge in [0.05, 0.1) is 6.04 Å². The molecule has 1 aliphatic heterocycles. The molecule has 1 aliphatic rings. The maximum absolute atomic E-state index is 13.9. The second kappa shape index (κ2) is 5.17. The van der Waals surface area contributed by atoms with Gasteiger partial charge in [-0.15, -0.1) is 0 Å². The fourth-order valence-electron chi connectivity index (χ4n) is 2.66. The molecule has 0 fully saturated rings. The van der Waals surface area contributed by atoms with Crippen molar-refractivity contribution >= 4 is 5.57 Å². The molecule has 2 aromatic carbocycles. The molecule has 0 bridgehead atoms. The number of halogens is 2. The molecule has 0 unspecified atom stereocenters. The quantitative estimate of drug-likeness (QED) is 0.797. The highest BCUT2D eigenvalue weighted by molar-refractivity contribution is 5.70. The number of likely N-dealkylation sites (N-methyl/N-ethyl adjacent to an activating group) is 1. The van der Waals surface area contributed by atoms with E-state index in [0.717, 1.165) is 17.2 Å². The molecule has 0 N–H and O–H groups in total. The molecule has 1 atom stereocenters. The summed E-state index contributed by atoms with van der Waals surface area (Å²) in [5.74, 6) is -0.784. The molecule has 0 saturated heterocycles. The maximum atomic E-state index is 13.9. The Morgan fingerprint density at radius 1 is 1.05 bits per heavy atom. The summed E-state index contributed by atoms with van der Waals surface area (Å²) >= 11 is 0. The van der Waals surface area contributed by atoms with Crippen LogP contribution in [0.3, 0.4) is 0 Å². The summed E-state index contributed by atoms with van der Waals surface area (Å²) in [7, 11) is 1.98. The number of nitrogens with zero attached hydrogens (tertiary/aromatic N) is 1. The predicted molar refractivity (Wildman–Crippen MR) is 76.1 cm³/mol. The van der Waals surface area contributed by atoms with Crippen molar-refractivity contribution in [3.63, 3.8) is 0 Å². The molecular formula is C17H15F2N. The molecule has 3 rings (SSSR count). The Balaban J connectivity index is 1.98. The van der Waals surface area contributed by atoms with E-state index in [1.165, 1.54) is 12.1 Å². The van der Waals surface area contributed by atoms with Crippen LogP contribution in [0, 0.1) is 11.6 Å². The topological polar surface area (TPSA) is 3.24 Å². The van der Waals surface area contributed by atoms with Gasteiger partial charge < -0.3 is 0 Å². The van der Waals surface area contributed by atoms with E-state index in [4.69, 9.17) is 0 Å². The monoisotopic (exact) mass is 271 g/mol. The van der Waals surface area contributed by atoms with Crippen LogP contribution < -0.4 is 0 Å². The van der Waals surface area contributed by atoms with Crippen LogP contribution >= 0.6 is 0 Å². The van der Waals surface area contributed by atoms with E-state index in [2.05, 4.69) is 4.90 Å². The van der Waals surface area contributed by atoms with Crippen molar-refractivity contribution in [3.8, 4) is 0 Å². The molecule has 0 aromatic heterocycles. The first-order chi connectivity index (χ1) is 9.65. The standard InChI is InChI=1S/C17H15F2N/c1-20-11-13(15-10-14(18)7-8-16(15)19)9-17(20)12-5-3-2-4-6-12/h2-10,17H,11H2,1H3/t17-/m0/s1. The number of hydrogen-bond acceptors (Lipinski definition) is 1. The summed E-state index contributed by atoms with van der Waals surface area (Å²) in [5, 5.41) is 0. The lowest BCUT2D eigenvalue weighted by Gasteiger charge is -2.19. The number of rotatable bonds is 2. The Bertz CT molecular complexity index is 649. The van der Waals surface area contributed by atoms with Crippen molar-refractivity contribution in [2.24, 2.45) is 0 Å². The minimum Gasteiger partial charge on any atom is -0.292 e. The van der Waals surface area contributed by atoms with Crippen LogP contribution in [0.15, 0.2) is 54.6 Å². The molecule has 3 heteroatoms. The second-order valence-electron chi connectivity index (χ2n) is 5.09. The van der Waals surface area contributed by atoms with Gasteiger partial charge >= 0.3 is 0 Å². The first-order valence-corrected chi connectivity index (χ1v) is 6.56.